The lowest BCUT2D eigenvalue weighted by Crippen LogP contribution is -2.54. The molecule has 0 amide bonds. The number of carbonyl (C=O) groups excluding carboxylic acids is 5. The number of ether oxygens (including phenoxy) is 10. The Kier molecular flexibility index (Phi) is 33.6. The average molecular weight is 893 g/mol. The van der Waals surface area contributed by atoms with E-state index in [2.05, 4.69) is 0 Å². The summed E-state index contributed by atoms with van der Waals surface area (Å²) in [6, 6.07) is 0. The van der Waals surface area contributed by atoms with Gasteiger partial charge in [0.25, 0.3) is 0 Å². The van der Waals surface area contributed by atoms with E-state index in [4.69, 9.17) is 47.4 Å². The fourth-order valence-corrected chi connectivity index (χ4v) is 4.60. The molecular weight excluding hydrogens is 828 g/mol. The Hall–Kier alpha value is -4.39. The van der Waals surface area contributed by atoms with E-state index in [-0.39, 0.29) is 0 Å². The Morgan fingerprint density at radius 3 is 0.919 bits per heavy atom. The Labute approximate surface area is 361 Å². The van der Waals surface area contributed by atoms with E-state index >= 15 is 0 Å². The Bertz CT molecular complexity index is 1410. The van der Waals surface area contributed by atoms with Gasteiger partial charge in [-0.25, -0.2) is 24.0 Å². The summed E-state index contributed by atoms with van der Waals surface area (Å²) >= 11 is 0. The highest BCUT2D eigenvalue weighted by atomic mass is 16.6. The van der Waals surface area contributed by atoms with E-state index in [1.54, 1.807) is 34.6 Å². The van der Waals surface area contributed by atoms with Crippen molar-refractivity contribution >= 4 is 29.8 Å². The van der Waals surface area contributed by atoms with Crippen molar-refractivity contribution in [3.63, 3.8) is 0 Å². The van der Waals surface area contributed by atoms with Gasteiger partial charge in [-0.05, 0) is 34.6 Å². The predicted molar refractivity (Wildman–Crippen MR) is 216 cm³/mol. The molecule has 21 heteroatoms. The third-order valence-electron chi connectivity index (χ3n) is 7.40. The molecular formula is C41H64O21. The maximum absolute atomic E-state index is 11.9. The number of esters is 5. The van der Waals surface area contributed by atoms with E-state index in [1.807, 2.05) is 0 Å². The van der Waals surface area contributed by atoms with Crippen LogP contribution in [0.1, 0.15) is 34.6 Å². The second-order valence-corrected chi connectivity index (χ2v) is 13.0. The molecule has 0 aliphatic heterocycles. The van der Waals surface area contributed by atoms with Crippen molar-refractivity contribution in [2.45, 2.75) is 89.6 Å². The van der Waals surface area contributed by atoms with E-state index in [9.17, 15) is 54.6 Å². The Morgan fingerprint density at radius 1 is 0.371 bits per heavy atom. The van der Waals surface area contributed by atoms with Gasteiger partial charge in [0, 0.05) is 30.4 Å². The van der Waals surface area contributed by atoms with E-state index in [0.717, 1.165) is 30.4 Å². The zero-order chi connectivity index (χ0) is 46.7. The molecule has 9 atom stereocenters. The van der Waals surface area contributed by atoms with Crippen LogP contribution in [0.4, 0.5) is 0 Å². The largest absolute Gasteiger partial charge is 0.460 e. The molecule has 0 fully saturated rings. The summed E-state index contributed by atoms with van der Waals surface area (Å²) in [6.45, 7) is 0.936. The maximum Gasteiger partial charge on any atom is 0.330 e. The van der Waals surface area contributed by atoms with Gasteiger partial charge in [-0.2, -0.15) is 0 Å². The van der Waals surface area contributed by atoms with Gasteiger partial charge >= 0.3 is 29.8 Å². The smallest absolute Gasteiger partial charge is 0.330 e. The number of carbonyl (C=O) groups is 5. The lowest BCUT2D eigenvalue weighted by Gasteiger charge is -2.38. The van der Waals surface area contributed by atoms with Crippen LogP contribution in [0.25, 0.3) is 0 Å². The molecule has 0 aliphatic rings. The van der Waals surface area contributed by atoms with Crippen molar-refractivity contribution < 1.29 is 102 Å². The number of allylic oxidation sites excluding steroid dienone is 5. The quantitative estimate of drug-likeness (QED) is 0.0251. The molecule has 21 nitrogen and oxygen atoms in total. The summed E-state index contributed by atoms with van der Waals surface area (Å²) < 4.78 is 54.6. The monoisotopic (exact) mass is 892 g/mol. The zero-order valence-electron chi connectivity index (χ0n) is 35.8. The van der Waals surface area contributed by atoms with E-state index in [1.165, 1.54) is 30.4 Å². The third-order valence-corrected chi connectivity index (χ3v) is 7.40. The molecule has 0 aromatic rings. The number of aliphatic hydroxyl groups excluding tert-OH is 6. The molecule has 62 heavy (non-hydrogen) atoms. The highest BCUT2D eigenvalue weighted by Gasteiger charge is 2.40. The number of hydrogen-bond donors (Lipinski definition) is 6. The van der Waals surface area contributed by atoms with Crippen molar-refractivity contribution in [1.82, 2.24) is 0 Å². The summed E-state index contributed by atoms with van der Waals surface area (Å²) in [5, 5.41) is 63.9. The molecule has 0 spiro atoms. The number of rotatable bonds is 35. The fourth-order valence-electron chi connectivity index (χ4n) is 4.60. The summed E-state index contributed by atoms with van der Waals surface area (Å²) in [6.07, 6.45) is -0.657. The van der Waals surface area contributed by atoms with Gasteiger partial charge in [0.1, 0.15) is 88.0 Å². The van der Waals surface area contributed by atoms with Crippen LogP contribution in [0.5, 0.6) is 0 Å². The van der Waals surface area contributed by atoms with Crippen LogP contribution >= 0.6 is 0 Å². The van der Waals surface area contributed by atoms with Crippen LogP contribution < -0.4 is 0 Å². The van der Waals surface area contributed by atoms with Crippen LogP contribution in [0.15, 0.2) is 60.8 Å². The number of hydrogen-bond acceptors (Lipinski definition) is 21. The molecule has 0 aromatic heterocycles. The van der Waals surface area contributed by atoms with E-state index < -0.39 is 164 Å². The lowest BCUT2D eigenvalue weighted by atomic mass is 10.0. The Balaban J connectivity index is 6.95. The second-order valence-electron chi connectivity index (χ2n) is 13.0. The van der Waals surface area contributed by atoms with Gasteiger partial charge in [-0.1, -0.05) is 30.4 Å². The molecule has 0 saturated heterocycles. The highest BCUT2D eigenvalue weighted by molar-refractivity contribution is 5.83. The molecule has 0 bridgehead atoms. The molecule has 354 valence electrons. The first-order chi connectivity index (χ1) is 29.6. The van der Waals surface area contributed by atoms with Crippen molar-refractivity contribution in [1.29, 1.82) is 0 Å². The zero-order valence-corrected chi connectivity index (χ0v) is 35.8. The average Bonchev–Trinajstić information content (AvgIpc) is 3.23. The molecule has 0 radical (unpaired) electrons. The van der Waals surface area contributed by atoms with Crippen LogP contribution in [0.2, 0.25) is 0 Å². The normalized spacial score (nSPS) is 16.5. The van der Waals surface area contributed by atoms with Crippen LogP contribution in [-0.4, -0.2) is 195 Å². The van der Waals surface area contributed by atoms with Crippen molar-refractivity contribution in [2.24, 2.45) is 0 Å². The molecule has 0 saturated carbocycles. The third kappa shape index (κ3) is 29.0. The first kappa shape index (κ1) is 57.6. The standard InChI is InChI=1S/C41H64O21/c1-6-11-35(48)56-20-28(43)17-53-27-34(55-19-30(45)22-58-37(50)13-8-3)41(62-26-32(47)24-60-39(52)15-10-5)40(61-25-31(46)23-59-38(51)14-9-4)33(16-42)54-18-29(44)21-57-36(49)12-7-2/h6-15,28-34,40-47H,16-27H2,1-5H3/t28?,29?,30?,31?,32?,33-,34+,40-,41-/m1/s1. The molecule has 0 aliphatic carbocycles. The van der Waals surface area contributed by atoms with Crippen molar-refractivity contribution in [3.05, 3.63) is 60.8 Å². The molecule has 0 heterocycles. The first-order valence-electron chi connectivity index (χ1n) is 19.7. The Morgan fingerprint density at radius 2 is 0.629 bits per heavy atom. The van der Waals surface area contributed by atoms with Crippen molar-refractivity contribution in [3.8, 4) is 0 Å². The molecule has 0 rings (SSSR count). The molecule has 0 aromatic carbocycles. The van der Waals surface area contributed by atoms with Gasteiger partial charge in [0.05, 0.1) is 46.2 Å². The molecule has 5 unspecified atom stereocenters. The van der Waals surface area contributed by atoms with Gasteiger partial charge < -0.3 is 78.0 Å². The van der Waals surface area contributed by atoms with Crippen LogP contribution in [0, 0.1) is 0 Å². The van der Waals surface area contributed by atoms with Gasteiger partial charge in [0.15, 0.2) is 0 Å². The summed E-state index contributed by atoms with van der Waals surface area (Å²) in [5.74, 6) is -3.78. The van der Waals surface area contributed by atoms with Gasteiger partial charge in [0.2, 0.25) is 0 Å². The summed E-state index contributed by atoms with van der Waals surface area (Å²) in [4.78, 5) is 59.3. The summed E-state index contributed by atoms with van der Waals surface area (Å²) in [5.41, 5.74) is 0. The van der Waals surface area contributed by atoms with Gasteiger partial charge in [-0.15, -0.1) is 0 Å². The van der Waals surface area contributed by atoms with Crippen LogP contribution in [0.3, 0.4) is 0 Å². The topological polar surface area (TPSA) is 299 Å². The first-order valence-corrected chi connectivity index (χ1v) is 19.7. The summed E-state index contributed by atoms with van der Waals surface area (Å²) in [7, 11) is 0. The predicted octanol–water partition coefficient (Wildman–Crippen LogP) is -1.06. The SMILES string of the molecule is CC=CC(=O)OCC(O)COC[C@H](OCC(O)COC(=O)C=CC)[C@@H](OCC(O)COC(=O)C=CC)[C@H](OCC(O)COC(=O)C=CC)[C@@H](CO)OCC(O)COC(=O)C=CC. The number of aliphatic hydroxyl groups is 6. The highest BCUT2D eigenvalue weighted by Crippen LogP contribution is 2.21. The van der Waals surface area contributed by atoms with Crippen molar-refractivity contribution in [2.75, 3.05) is 79.3 Å². The van der Waals surface area contributed by atoms with E-state index in [0.29, 0.717) is 0 Å². The second kappa shape index (κ2) is 36.1. The maximum atomic E-state index is 11.9. The van der Waals surface area contributed by atoms with Crippen LogP contribution in [-0.2, 0) is 71.3 Å². The molecule has 6 N–H and O–H groups in total. The van der Waals surface area contributed by atoms with Gasteiger partial charge in [-0.3, -0.25) is 0 Å². The minimum atomic E-state index is -1.58. The lowest BCUT2D eigenvalue weighted by molar-refractivity contribution is -0.216. The minimum absolute atomic E-state index is 0.470. The minimum Gasteiger partial charge on any atom is -0.460 e. The fraction of sp³-hybridized carbons (Fsp3) is 0.634.